The molecule has 66 valence electrons. The van der Waals surface area contributed by atoms with Crippen molar-refractivity contribution in [3.63, 3.8) is 0 Å². The Labute approximate surface area is 84.1 Å². The number of thioether (sulfide) groups is 1. The van der Waals surface area contributed by atoms with Gasteiger partial charge in [0.25, 0.3) is 0 Å². The molecule has 10 heavy (non-hydrogen) atoms. The Hall–Kier alpha value is 1.36. The van der Waals surface area contributed by atoms with E-state index in [-0.39, 0.29) is 0 Å². The Bertz CT molecular complexity index is 61.7. The standard InChI is InChI=1S/C6H12S.2ClH.Pt/c1-3-4-5-6-7-2;;;/h3H,1,4-6H2,2H3;2*1H;/q;;;+2/p-2. The number of unbranched alkanes of at least 4 members (excludes halogenated alkanes) is 1. The Morgan fingerprint density at radius 2 is 2.10 bits per heavy atom. The molecule has 0 aliphatic rings. The van der Waals surface area contributed by atoms with Gasteiger partial charge in [-0.15, -0.1) is 6.58 Å². The first-order chi connectivity index (χ1) is 4.83. The summed E-state index contributed by atoms with van der Waals surface area (Å²) in [7, 11) is 9.75. The second-order valence-corrected chi connectivity index (χ2v) is 5.74. The summed E-state index contributed by atoms with van der Waals surface area (Å²) < 4.78 is 0. The van der Waals surface area contributed by atoms with Gasteiger partial charge >= 0.3 is 35.3 Å². The zero-order chi connectivity index (χ0) is 8.24. The fraction of sp³-hybridized carbons (Fsp3) is 0.667. The molecule has 0 aliphatic heterocycles. The molecule has 0 bridgehead atoms. The number of hydrogen-bond donors (Lipinski definition) is 0. The maximum absolute atomic E-state index is 4.88. The third-order valence-corrected chi connectivity index (χ3v) is 1.45. The maximum atomic E-state index is 4.88. The molecule has 0 aromatic carbocycles. The summed E-state index contributed by atoms with van der Waals surface area (Å²) in [4.78, 5) is 0. The normalized spacial score (nSPS) is 8.30. The Morgan fingerprint density at radius 1 is 1.60 bits per heavy atom. The van der Waals surface area contributed by atoms with Gasteiger partial charge in [0.2, 0.25) is 0 Å². The molecule has 0 amide bonds. The van der Waals surface area contributed by atoms with Crippen molar-refractivity contribution in [2.75, 3.05) is 12.0 Å². The predicted octanol–water partition coefficient (Wildman–Crippen LogP) is 3.69. The van der Waals surface area contributed by atoms with Gasteiger partial charge in [-0.1, -0.05) is 6.08 Å². The molecule has 0 spiro atoms. The van der Waals surface area contributed by atoms with E-state index in [4.69, 9.17) is 18.8 Å². The first-order valence-corrected chi connectivity index (χ1v) is 9.78. The van der Waals surface area contributed by atoms with E-state index < -0.39 is 16.5 Å². The summed E-state index contributed by atoms with van der Waals surface area (Å²) in [5.74, 6) is 1.27. The minimum absolute atomic E-state index is 0.472. The minimum atomic E-state index is -0.472. The van der Waals surface area contributed by atoms with Crippen LogP contribution < -0.4 is 0 Å². The molecule has 4 heteroatoms. The van der Waals surface area contributed by atoms with Gasteiger partial charge in [0.15, 0.2) is 0 Å². The molecule has 0 unspecified atom stereocenters. The second kappa shape index (κ2) is 16.8. The SMILES string of the molecule is C=CCCCSC.[Cl][Pt][Cl]. The molecule has 0 fully saturated rings. The van der Waals surface area contributed by atoms with Crippen LogP contribution in [0.2, 0.25) is 0 Å². The zero-order valence-electron chi connectivity index (χ0n) is 5.89. The Morgan fingerprint density at radius 3 is 2.40 bits per heavy atom. The molecule has 0 rings (SSSR count). The molecule has 0 atom stereocenters. The molecule has 0 heterocycles. The van der Waals surface area contributed by atoms with Crippen LogP contribution in [0.1, 0.15) is 12.8 Å². The van der Waals surface area contributed by atoms with E-state index in [1.54, 1.807) is 0 Å². The molecule has 0 aliphatic carbocycles. The molecule has 0 aromatic heterocycles. The van der Waals surface area contributed by atoms with Gasteiger partial charge in [0.1, 0.15) is 0 Å². The first kappa shape index (κ1) is 13.9. The van der Waals surface area contributed by atoms with Crippen molar-refractivity contribution < 1.29 is 16.5 Å². The fourth-order valence-corrected chi connectivity index (χ4v) is 0.827. The third kappa shape index (κ3) is 22.8. The van der Waals surface area contributed by atoms with Crippen molar-refractivity contribution in [1.29, 1.82) is 0 Å². The Kier molecular flexibility index (Phi) is 23.3. The van der Waals surface area contributed by atoms with E-state index in [0.29, 0.717) is 0 Å². The van der Waals surface area contributed by atoms with Crippen LogP contribution in [0.25, 0.3) is 0 Å². The van der Waals surface area contributed by atoms with E-state index in [1.165, 1.54) is 18.6 Å². The monoisotopic (exact) mass is 381 g/mol. The topological polar surface area (TPSA) is 0 Å². The summed E-state index contributed by atoms with van der Waals surface area (Å²) in [6.07, 6.45) is 6.55. The van der Waals surface area contributed by atoms with Crippen molar-refractivity contribution in [2.45, 2.75) is 12.8 Å². The average molecular weight is 382 g/mol. The average Bonchev–Trinajstić information content (AvgIpc) is 1.91. The molecule has 0 N–H and O–H groups in total. The van der Waals surface area contributed by atoms with Gasteiger partial charge in [-0.3, -0.25) is 0 Å². The number of allylic oxidation sites excluding steroid dienone is 1. The van der Waals surface area contributed by atoms with Crippen LogP contribution in [0.3, 0.4) is 0 Å². The van der Waals surface area contributed by atoms with Crippen LogP contribution in [0.4, 0.5) is 0 Å². The summed E-state index contributed by atoms with van der Waals surface area (Å²) in [6, 6.07) is 0. The van der Waals surface area contributed by atoms with E-state index in [2.05, 4.69) is 12.8 Å². The van der Waals surface area contributed by atoms with Crippen LogP contribution in [0.15, 0.2) is 12.7 Å². The molecule has 0 aromatic rings. The zero-order valence-corrected chi connectivity index (χ0v) is 10.5. The number of halogens is 2. The molecular formula is C6H12Cl2PtS. The summed E-state index contributed by atoms with van der Waals surface area (Å²) in [5, 5.41) is 0. The first-order valence-electron chi connectivity index (χ1n) is 2.75. The van der Waals surface area contributed by atoms with Crippen LogP contribution >= 0.6 is 30.6 Å². The number of hydrogen-bond acceptors (Lipinski definition) is 1. The summed E-state index contributed by atoms with van der Waals surface area (Å²) >= 11 is 1.42. The quantitative estimate of drug-likeness (QED) is 0.528. The predicted molar refractivity (Wildman–Crippen MR) is 49.5 cm³/mol. The van der Waals surface area contributed by atoms with E-state index >= 15 is 0 Å². The van der Waals surface area contributed by atoms with Gasteiger partial charge in [-0.25, -0.2) is 0 Å². The molecule has 0 radical (unpaired) electrons. The van der Waals surface area contributed by atoms with Gasteiger partial charge < -0.3 is 0 Å². The van der Waals surface area contributed by atoms with E-state index in [0.717, 1.165) is 0 Å². The van der Waals surface area contributed by atoms with Gasteiger partial charge in [0, 0.05) is 0 Å². The molecular weight excluding hydrogens is 370 g/mol. The van der Waals surface area contributed by atoms with Crippen molar-refractivity contribution in [3.05, 3.63) is 12.7 Å². The van der Waals surface area contributed by atoms with Crippen LogP contribution in [-0.4, -0.2) is 12.0 Å². The van der Waals surface area contributed by atoms with Crippen LogP contribution in [0.5, 0.6) is 0 Å². The van der Waals surface area contributed by atoms with Crippen LogP contribution in [-0.2, 0) is 16.5 Å². The molecule has 0 nitrogen and oxygen atoms in total. The van der Waals surface area contributed by atoms with Crippen molar-refractivity contribution >= 4 is 30.6 Å². The van der Waals surface area contributed by atoms with Crippen molar-refractivity contribution in [2.24, 2.45) is 0 Å². The molecule has 0 saturated carbocycles. The van der Waals surface area contributed by atoms with Gasteiger partial charge in [-0.2, -0.15) is 11.8 Å². The summed E-state index contributed by atoms with van der Waals surface area (Å²) in [6.45, 7) is 3.62. The second-order valence-electron chi connectivity index (χ2n) is 1.47. The van der Waals surface area contributed by atoms with Gasteiger partial charge in [0.05, 0.1) is 0 Å². The molecule has 0 saturated heterocycles. The number of rotatable bonds is 4. The Balaban J connectivity index is 0. The third-order valence-electron chi connectivity index (χ3n) is 0.757. The van der Waals surface area contributed by atoms with Crippen molar-refractivity contribution in [1.82, 2.24) is 0 Å². The van der Waals surface area contributed by atoms with Gasteiger partial charge in [-0.05, 0) is 24.9 Å². The fourth-order valence-electron chi connectivity index (χ4n) is 0.372. The van der Waals surface area contributed by atoms with Crippen molar-refractivity contribution in [3.8, 4) is 0 Å². The summed E-state index contributed by atoms with van der Waals surface area (Å²) in [5.41, 5.74) is 0. The van der Waals surface area contributed by atoms with E-state index in [9.17, 15) is 0 Å². The van der Waals surface area contributed by atoms with Crippen LogP contribution in [0, 0.1) is 0 Å². The van der Waals surface area contributed by atoms with E-state index in [1.807, 2.05) is 17.8 Å².